The van der Waals surface area contributed by atoms with Gasteiger partial charge in [0.1, 0.15) is 11.9 Å². The van der Waals surface area contributed by atoms with Gasteiger partial charge >= 0.3 is 5.97 Å². The molecule has 0 aromatic rings. The molecule has 0 aromatic heterocycles. The summed E-state index contributed by atoms with van der Waals surface area (Å²) in [4.78, 5) is 23.2. The third kappa shape index (κ3) is 0.983. The zero-order chi connectivity index (χ0) is 9.71. The standard InChI is InChI=1S/C11H14O3/c12-8-4-5-9-10-6(8)2-1-3-7(10)11(13)14-9/h6-7,9-10H,1-5H2/t6-,7-,9-,10+/m1/s1. The van der Waals surface area contributed by atoms with E-state index in [0.29, 0.717) is 12.2 Å². The van der Waals surface area contributed by atoms with Gasteiger partial charge in [0.05, 0.1) is 5.92 Å². The van der Waals surface area contributed by atoms with Gasteiger partial charge in [-0.15, -0.1) is 0 Å². The largest absolute Gasteiger partial charge is 0.462 e. The summed E-state index contributed by atoms with van der Waals surface area (Å²) in [7, 11) is 0. The molecule has 3 nitrogen and oxygen atoms in total. The first-order chi connectivity index (χ1) is 6.77. The van der Waals surface area contributed by atoms with Gasteiger partial charge in [-0.05, 0) is 19.3 Å². The molecule has 1 aliphatic heterocycles. The number of hydrogen-bond acceptors (Lipinski definition) is 3. The van der Waals surface area contributed by atoms with Crippen molar-refractivity contribution in [2.24, 2.45) is 17.8 Å². The van der Waals surface area contributed by atoms with Crippen LogP contribution in [0.5, 0.6) is 0 Å². The lowest BCUT2D eigenvalue weighted by Gasteiger charge is -2.36. The van der Waals surface area contributed by atoms with E-state index in [-0.39, 0.29) is 29.8 Å². The maximum Gasteiger partial charge on any atom is 0.309 e. The van der Waals surface area contributed by atoms with Crippen LogP contribution in [-0.2, 0) is 14.3 Å². The van der Waals surface area contributed by atoms with E-state index in [1.165, 1.54) is 0 Å². The van der Waals surface area contributed by atoms with E-state index in [0.717, 1.165) is 25.7 Å². The second-order valence-corrected chi connectivity index (χ2v) is 4.70. The van der Waals surface area contributed by atoms with Gasteiger partial charge in [0, 0.05) is 18.3 Å². The summed E-state index contributed by atoms with van der Waals surface area (Å²) in [6.45, 7) is 0. The molecule has 0 amide bonds. The normalized spacial score (nSPS) is 46.0. The number of rotatable bonds is 0. The first-order valence-corrected chi connectivity index (χ1v) is 5.50. The van der Waals surface area contributed by atoms with Gasteiger partial charge in [-0.2, -0.15) is 0 Å². The maximum absolute atomic E-state index is 11.7. The predicted octanol–water partition coefficient (Wildman–Crippen LogP) is 1.31. The maximum atomic E-state index is 11.7. The van der Waals surface area contributed by atoms with Gasteiger partial charge in [-0.25, -0.2) is 0 Å². The van der Waals surface area contributed by atoms with Gasteiger partial charge in [0.15, 0.2) is 0 Å². The zero-order valence-corrected chi connectivity index (χ0v) is 8.07. The molecule has 0 bridgehead atoms. The van der Waals surface area contributed by atoms with Crippen molar-refractivity contribution in [1.82, 2.24) is 0 Å². The van der Waals surface area contributed by atoms with Crippen molar-refractivity contribution in [2.45, 2.75) is 38.2 Å². The molecule has 4 atom stereocenters. The monoisotopic (exact) mass is 194 g/mol. The Morgan fingerprint density at radius 2 is 1.86 bits per heavy atom. The van der Waals surface area contributed by atoms with Crippen LogP contribution in [0.1, 0.15) is 32.1 Å². The number of ketones is 1. The van der Waals surface area contributed by atoms with E-state index in [4.69, 9.17) is 4.74 Å². The second kappa shape index (κ2) is 2.81. The van der Waals surface area contributed by atoms with Crippen LogP contribution >= 0.6 is 0 Å². The molecule has 0 aromatic carbocycles. The third-order valence-corrected chi connectivity index (χ3v) is 4.05. The number of carbonyl (C=O) groups is 2. The van der Waals surface area contributed by atoms with E-state index >= 15 is 0 Å². The fourth-order valence-electron chi connectivity index (χ4n) is 3.43. The summed E-state index contributed by atoms with van der Waals surface area (Å²) in [6, 6.07) is 0. The second-order valence-electron chi connectivity index (χ2n) is 4.70. The Labute approximate surface area is 82.8 Å². The molecule has 3 fully saturated rings. The number of carbonyl (C=O) groups excluding carboxylic acids is 2. The zero-order valence-electron chi connectivity index (χ0n) is 8.07. The van der Waals surface area contributed by atoms with Crippen LogP contribution in [0.3, 0.4) is 0 Å². The smallest absolute Gasteiger partial charge is 0.309 e. The molecule has 0 unspecified atom stereocenters. The molecule has 0 N–H and O–H groups in total. The Kier molecular flexibility index (Phi) is 1.70. The van der Waals surface area contributed by atoms with Crippen molar-refractivity contribution in [2.75, 3.05) is 0 Å². The lowest BCUT2D eigenvalue weighted by molar-refractivity contribution is -0.145. The Hall–Kier alpha value is -0.860. The van der Waals surface area contributed by atoms with Crippen molar-refractivity contribution in [3.8, 4) is 0 Å². The minimum atomic E-state index is -0.0422. The summed E-state index contributed by atoms with van der Waals surface area (Å²) in [5.74, 6) is 0.744. The Morgan fingerprint density at radius 1 is 1.07 bits per heavy atom. The summed E-state index contributed by atoms with van der Waals surface area (Å²) in [6.07, 6.45) is 4.38. The van der Waals surface area contributed by atoms with Crippen LogP contribution in [0.4, 0.5) is 0 Å². The van der Waals surface area contributed by atoms with Crippen LogP contribution in [0.25, 0.3) is 0 Å². The van der Waals surface area contributed by atoms with Crippen LogP contribution in [0.15, 0.2) is 0 Å². The van der Waals surface area contributed by atoms with E-state index in [1.54, 1.807) is 0 Å². The molecule has 3 rings (SSSR count). The van der Waals surface area contributed by atoms with Gasteiger partial charge < -0.3 is 4.74 Å². The average Bonchev–Trinajstić information content (AvgIpc) is 2.52. The van der Waals surface area contributed by atoms with Crippen LogP contribution in [0, 0.1) is 17.8 Å². The van der Waals surface area contributed by atoms with Gasteiger partial charge in [-0.1, -0.05) is 6.42 Å². The summed E-state index contributed by atoms with van der Waals surface area (Å²) in [5, 5.41) is 0. The number of hydrogen-bond donors (Lipinski definition) is 0. The lowest BCUT2D eigenvalue weighted by Crippen LogP contribution is -2.41. The Bertz CT molecular complexity index is 295. The molecule has 0 radical (unpaired) electrons. The topological polar surface area (TPSA) is 43.4 Å². The van der Waals surface area contributed by atoms with Crippen molar-refractivity contribution in [1.29, 1.82) is 0 Å². The minimum Gasteiger partial charge on any atom is -0.462 e. The van der Waals surface area contributed by atoms with E-state index in [1.807, 2.05) is 0 Å². The van der Waals surface area contributed by atoms with Crippen LogP contribution < -0.4 is 0 Å². The highest BCUT2D eigenvalue weighted by atomic mass is 16.6. The van der Waals surface area contributed by atoms with E-state index in [2.05, 4.69) is 0 Å². The van der Waals surface area contributed by atoms with Crippen molar-refractivity contribution < 1.29 is 14.3 Å². The minimum absolute atomic E-state index is 0.0422. The van der Waals surface area contributed by atoms with Gasteiger partial charge in [0.2, 0.25) is 0 Å². The first kappa shape index (κ1) is 8.45. The summed E-state index contributed by atoms with van der Waals surface area (Å²) in [5.41, 5.74) is 0. The van der Waals surface area contributed by atoms with Gasteiger partial charge in [0.25, 0.3) is 0 Å². The quantitative estimate of drug-likeness (QED) is 0.546. The fourth-order valence-corrected chi connectivity index (χ4v) is 3.43. The molecule has 14 heavy (non-hydrogen) atoms. The van der Waals surface area contributed by atoms with E-state index < -0.39 is 0 Å². The highest BCUT2D eigenvalue weighted by Gasteiger charge is 2.53. The van der Waals surface area contributed by atoms with Crippen molar-refractivity contribution in [3.63, 3.8) is 0 Å². The van der Waals surface area contributed by atoms with Crippen LogP contribution in [0.2, 0.25) is 0 Å². The molecule has 76 valence electrons. The molecular formula is C11H14O3. The average molecular weight is 194 g/mol. The predicted molar refractivity (Wildman–Crippen MR) is 48.4 cm³/mol. The van der Waals surface area contributed by atoms with Crippen molar-refractivity contribution >= 4 is 11.8 Å². The Balaban J connectivity index is 1.95. The molecular weight excluding hydrogens is 180 g/mol. The SMILES string of the molecule is O=C1CC[C@H]2OC(=O)[C@@H]3CCC[C@H]1[C@H]23. The van der Waals surface area contributed by atoms with E-state index in [9.17, 15) is 9.59 Å². The van der Waals surface area contributed by atoms with Gasteiger partial charge in [-0.3, -0.25) is 9.59 Å². The number of Topliss-reactive ketones (excluding diaryl/α,β-unsaturated/α-hetero) is 1. The summed E-state index contributed by atoms with van der Waals surface area (Å²) >= 11 is 0. The fraction of sp³-hybridized carbons (Fsp3) is 0.818. The Morgan fingerprint density at radius 3 is 2.71 bits per heavy atom. The van der Waals surface area contributed by atoms with Crippen LogP contribution in [-0.4, -0.2) is 17.9 Å². The number of esters is 1. The molecule has 0 spiro atoms. The molecule has 3 aliphatic rings. The molecule has 2 saturated carbocycles. The molecule has 3 heteroatoms. The number of ether oxygens (including phenoxy) is 1. The first-order valence-electron chi connectivity index (χ1n) is 5.50. The van der Waals surface area contributed by atoms with Crippen molar-refractivity contribution in [3.05, 3.63) is 0 Å². The lowest BCUT2D eigenvalue weighted by atomic mass is 9.65. The molecule has 1 heterocycles. The highest BCUT2D eigenvalue weighted by Crippen LogP contribution is 2.47. The molecule has 2 aliphatic carbocycles. The molecule has 1 saturated heterocycles. The third-order valence-electron chi connectivity index (χ3n) is 4.05. The summed E-state index contributed by atoms with van der Waals surface area (Å²) < 4.78 is 5.34. The highest BCUT2D eigenvalue weighted by molar-refractivity contribution is 5.85.